The van der Waals surface area contributed by atoms with Crippen LogP contribution in [0.15, 0.2) is 16.6 Å². The van der Waals surface area contributed by atoms with Gasteiger partial charge in [-0.05, 0) is 40.9 Å². The molecule has 1 saturated carbocycles. The molecule has 1 nitrogen and oxygen atoms in total. The number of hydrogen-bond acceptors (Lipinski definition) is 1. The van der Waals surface area contributed by atoms with Crippen molar-refractivity contribution in [3.63, 3.8) is 0 Å². The van der Waals surface area contributed by atoms with E-state index in [1.165, 1.54) is 28.7 Å². The standard InChI is InChI=1S/C12H16BrN/c1-12(2,3)10-7-6-9(13)11(14-10)8-4-5-8/h6-8H,4-5H2,1-3H3. The molecule has 0 bridgehead atoms. The maximum atomic E-state index is 4.76. The van der Waals surface area contributed by atoms with Crippen molar-refractivity contribution in [3.05, 3.63) is 28.0 Å². The van der Waals surface area contributed by atoms with Gasteiger partial charge >= 0.3 is 0 Å². The van der Waals surface area contributed by atoms with Crippen molar-refractivity contribution in [3.8, 4) is 0 Å². The van der Waals surface area contributed by atoms with Crippen molar-refractivity contribution in [2.75, 3.05) is 0 Å². The second kappa shape index (κ2) is 3.34. The molecule has 14 heavy (non-hydrogen) atoms. The smallest absolute Gasteiger partial charge is 0.0579 e. The van der Waals surface area contributed by atoms with Crippen LogP contribution in [0.1, 0.15) is 50.9 Å². The minimum atomic E-state index is 0.157. The van der Waals surface area contributed by atoms with Crippen molar-refractivity contribution in [1.29, 1.82) is 0 Å². The summed E-state index contributed by atoms with van der Waals surface area (Å²) in [6.07, 6.45) is 2.61. The molecule has 2 heteroatoms. The van der Waals surface area contributed by atoms with Gasteiger partial charge in [-0.2, -0.15) is 0 Å². The Kier molecular flexibility index (Phi) is 2.42. The van der Waals surface area contributed by atoms with Crippen LogP contribution in [0.25, 0.3) is 0 Å². The van der Waals surface area contributed by atoms with Gasteiger partial charge in [0.2, 0.25) is 0 Å². The fourth-order valence-electron chi connectivity index (χ4n) is 1.52. The Morgan fingerprint density at radius 1 is 1.29 bits per heavy atom. The van der Waals surface area contributed by atoms with Crippen molar-refractivity contribution >= 4 is 15.9 Å². The Bertz CT molecular complexity index is 348. The first-order chi connectivity index (χ1) is 6.48. The normalized spacial score (nSPS) is 17.1. The number of pyridine rings is 1. The largest absolute Gasteiger partial charge is 0.256 e. The molecule has 2 rings (SSSR count). The van der Waals surface area contributed by atoms with Crippen molar-refractivity contribution in [2.24, 2.45) is 0 Å². The highest BCUT2D eigenvalue weighted by atomic mass is 79.9. The van der Waals surface area contributed by atoms with Gasteiger partial charge in [-0.15, -0.1) is 0 Å². The molecule has 0 aromatic carbocycles. The van der Waals surface area contributed by atoms with Gasteiger partial charge in [0, 0.05) is 21.5 Å². The summed E-state index contributed by atoms with van der Waals surface area (Å²) >= 11 is 3.58. The van der Waals surface area contributed by atoms with Crippen molar-refractivity contribution in [1.82, 2.24) is 4.98 Å². The molecule has 0 N–H and O–H groups in total. The maximum Gasteiger partial charge on any atom is 0.0579 e. The van der Waals surface area contributed by atoms with E-state index in [2.05, 4.69) is 48.8 Å². The second-order valence-corrected chi connectivity index (χ2v) is 5.94. The monoisotopic (exact) mass is 253 g/mol. The molecule has 1 aliphatic rings. The first-order valence-electron chi connectivity index (χ1n) is 5.15. The lowest BCUT2D eigenvalue weighted by Crippen LogP contribution is -2.14. The van der Waals surface area contributed by atoms with E-state index < -0.39 is 0 Å². The summed E-state index contributed by atoms with van der Waals surface area (Å²) < 4.78 is 1.17. The summed E-state index contributed by atoms with van der Waals surface area (Å²) in [5.74, 6) is 0.715. The van der Waals surface area contributed by atoms with E-state index in [-0.39, 0.29) is 5.41 Å². The van der Waals surface area contributed by atoms with Gasteiger partial charge in [0.15, 0.2) is 0 Å². The Hall–Kier alpha value is -0.370. The van der Waals surface area contributed by atoms with Gasteiger partial charge in [-0.3, -0.25) is 4.98 Å². The molecule has 0 saturated heterocycles. The van der Waals surface area contributed by atoms with E-state index in [4.69, 9.17) is 4.98 Å². The molecule has 1 aromatic heterocycles. The van der Waals surface area contributed by atoms with Crippen LogP contribution >= 0.6 is 15.9 Å². The molecule has 0 aliphatic heterocycles. The van der Waals surface area contributed by atoms with E-state index in [0.29, 0.717) is 5.92 Å². The van der Waals surface area contributed by atoms with Crippen LogP contribution < -0.4 is 0 Å². The maximum absolute atomic E-state index is 4.76. The summed E-state index contributed by atoms with van der Waals surface area (Å²) in [6.45, 7) is 6.62. The van der Waals surface area contributed by atoms with Crippen LogP contribution in [0.2, 0.25) is 0 Å². The van der Waals surface area contributed by atoms with Crippen LogP contribution in [0.5, 0.6) is 0 Å². The van der Waals surface area contributed by atoms with Crippen LogP contribution in [-0.2, 0) is 5.41 Å². The molecule has 1 aliphatic carbocycles. The first-order valence-corrected chi connectivity index (χ1v) is 5.95. The minimum absolute atomic E-state index is 0.157. The van der Waals surface area contributed by atoms with Crippen LogP contribution in [0.3, 0.4) is 0 Å². The zero-order valence-electron chi connectivity index (χ0n) is 8.97. The van der Waals surface area contributed by atoms with Gasteiger partial charge in [0.1, 0.15) is 0 Å². The van der Waals surface area contributed by atoms with E-state index in [9.17, 15) is 0 Å². The third kappa shape index (κ3) is 2.00. The van der Waals surface area contributed by atoms with Gasteiger partial charge in [0.25, 0.3) is 0 Å². The number of aromatic nitrogens is 1. The Morgan fingerprint density at radius 3 is 2.43 bits per heavy atom. The minimum Gasteiger partial charge on any atom is -0.256 e. The van der Waals surface area contributed by atoms with Crippen molar-refractivity contribution < 1.29 is 0 Å². The summed E-state index contributed by atoms with van der Waals surface area (Å²) in [7, 11) is 0. The Morgan fingerprint density at radius 2 is 1.93 bits per heavy atom. The number of rotatable bonds is 1. The fraction of sp³-hybridized carbons (Fsp3) is 0.583. The van der Waals surface area contributed by atoms with E-state index >= 15 is 0 Å². The molecule has 0 unspecified atom stereocenters. The lowest BCUT2D eigenvalue weighted by atomic mass is 9.91. The van der Waals surface area contributed by atoms with Crippen LogP contribution in [-0.4, -0.2) is 4.98 Å². The third-order valence-electron chi connectivity index (χ3n) is 2.61. The SMILES string of the molecule is CC(C)(C)c1ccc(Br)c(C2CC2)n1. The van der Waals surface area contributed by atoms with Crippen molar-refractivity contribution in [2.45, 2.75) is 44.9 Å². The molecule has 0 atom stereocenters. The number of nitrogens with zero attached hydrogens (tertiary/aromatic N) is 1. The summed E-state index contributed by atoms with van der Waals surface area (Å²) in [4.78, 5) is 4.76. The van der Waals surface area contributed by atoms with Crippen LogP contribution in [0, 0.1) is 0 Å². The lowest BCUT2D eigenvalue weighted by Gasteiger charge is -2.18. The lowest BCUT2D eigenvalue weighted by molar-refractivity contribution is 0.565. The van der Waals surface area contributed by atoms with E-state index in [0.717, 1.165) is 0 Å². The zero-order valence-corrected chi connectivity index (χ0v) is 10.6. The van der Waals surface area contributed by atoms with E-state index in [1.54, 1.807) is 0 Å². The van der Waals surface area contributed by atoms with Gasteiger partial charge in [-0.1, -0.05) is 20.8 Å². The highest BCUT2D eigenvalue weighted by Gasteiger charge is 2.28. The van der Waals surface area contributed by atoms with Gasteiger partial charge in [-0.25, -0.2) is 0 Å². The van der Waals surface area contributed by atoms with Crippen LogP contribution in [0.4, 0.5) is 0 Å². The molecule has 76 valence electrons. The molecule has 0 radical (unpaired) electrons. The van der Waals surface area contributed by atoms with E-state index in [1.807, 2.05) is 0 Å². The summed E-state index contributed by atoms with van der Waals surface area (Å²) in [5, 5.41) is 0. The average molecular weight is 254 g/mol. The third-order valence-corrected chi connectivity index (χ3v) is 3.28. The number of hydrogen-bond donors (Lipinski definition) is 0. The van der Waals surface area contributed by atoms with Gasteiger partial charge in [0.05, 0.1) is 5.69 Å². The fourth-order valence-corrected chi connectivity index (χ4v) is 2.06. The Labute approximate surface area is 94.1 Å². The zero-order chi connectivity index (χ0) is 10.3. The summed E-state index contributed by atoms with van der Waals surface area (Å²) in [6, 6.07) is 4.26. The highest BCUT2D eigenvalue weighted by molar-refractivity contribution is 9.10. The second-order valence-electron chi connectivity index (χ2n) is 5.09. The first kappa shape index (κ1) is 10.2. The summed E-state index contributed by atoms with van der Waals surface area (Å²) in [5.41, 5.74) is 2.62. The molecule has 0 amide bonds. The quantitative estimate of drug-likeness (QED) is 0.737. The predicted molar refractivity (Wildman–Crippen MR) is 62.6 cm³/mol. The molecule has 1 heterocycles. The predicted octanol–water partition coefficient (Wildman–Crippen LogP) is 4.02. The molecule has 1 aromatic rings. The molecule has 0 spiro atoms. The average Bonchev–Trinajstić information content (AvgIpc) is 2.85. The highest BCUT2D eigenvalue weighted by Crippen LogP contribution is 2.42. The molecular formula is C12H16BrN. The molecular weight excluding hydrogens is 238 g/mol. The molecule has 1 fully saturated rings. The number of halogens is 1. The Balaban J connectivity index is 2.40. The topological polar surface area (TPSA) is 12.9 Å². The van der Waals surface area contributed by atoms with Gasteiger partial charge < -0.3 is 0 Å².